The molecule has 0 saturated carbocycles. The second-order valence-corrected chi connectivity index (χ2v) is 4.85. The third-order valence-corrected chi connectivity index (χ3v) is 3.25. The van der Waals surface area contributed by atoms with Crippen molar-refractivity contribution in [3.05, 3.63) is 53.1 Å². The lowest BCUT2D eigenvalue weighted by Crippen LogP contribution is -2.30. The van der Waals surface area contributed by atoms with E-state index in [1.807, 2.05) is 0 Å². The van der Waals surface area contributed by atoms with Gasteiger partial charge in [0.05, 0.1) is 17.7 Å². The van der Waals surface area contributed by atoms with E-state index in [1.54, 1.807) is 25.1 Å². The van der Waals surface area contributed by atoms with E-state index in [9.17, 15) is 24.9 Å². The molecular weight excluding hydrogens is 288 g/mol. The van der Waals surface area contributed by atoms with E-state index in [4.69, 9.17) is 4.74 Å². The minimum atomic E-state index is -2.16. The van der Waals surface area contributed by atoms with E-state index in [2.05, 4.69) is 0 Å². The number of carboxylic acid groups (broad SMARTS) is 1. The number of rotatable bonds is 4. The maximum atomic E-state index is 12.1. The lowest BCUT2D eigenvalue weighted by molar-refractivity contribution is -0.144. The Hall–Kier alpha value is -2.44. The first-order valence-corrected chi connectivity index (χ1v) is 6.72. The number of aliphatic hydroxyl groups is 2. The summed E-state index contributed by atoms with van der Waals surface area (Å²) >= 11 is 0. The minimum Gasteiger partial charge on any atom is -0.478 e. The molecule has 3 N–H and O–H groups in total. The smallest absolute Gasteiger partial charge is 0.336 e. The zero-order valence-electron chi connectivity index (χ0n) is 11.9. The van der Waals surface area contributed by atoms with E-state index < -0.39 is 17.7 Å². The quantitative estimate of drug-likeness (QED) is 0.573. The molecule has 0 bridgehead atoms. The predicted octanol–water partition coefficient (Wildman–Crippen LogP) is 1.34. The molecule has 1 aliphatic rings. The molecular formula is C16H16O6. The summed E-state index contributed by atoms with van der Waals surface area (Å²) in [4.78, 5) is 23.4. The molecule has 1 aromatic carbocycles. The molecule has 0 aliphatic heterocycles. The fourth-order valence-corrected chi connectivity index (χ4v) is 2.29. The van der Waals surface area contributed by atoms with Crippen molar-refractivity contribution in [3.63, 3.8) is 0 Å². The van der Waals surface area contributed by atoms with Gasteiger partial charge >= 0.3 is 11.9 Å². The lowest BCUT2D eigenvalue weighted by atomic mass is 9.87. The van der Waals surface area contributed by atoms with Crippen molar-refractivity contribution in [2.75, 3.05) is 6.61 Å². The average Bonchev–Trinajstić information content (AvgIpc) is 2.46. The van der Waals surface area contributed by atoms with Gasteiger partial charge in [0.1, 0.15) is 0 Å². The number of carbonyl (C=O) groups is 2. The molecule has 0 amide bonds. The molecule has 6 nitrogen and oxygen atoms in total. The fourth-order valence-electron chi connectivity index (χ4n) is 2.29. The van der Waals surface area contributed by atoms with E-state index in [0.29, 0.717) is 11.1 Å². The third kappa shape index (κ3) is 3.24. The maximum absolute atomic E-state index is 12.1. The van der Waals surface area contributed by atoms with Crippen LogP contribution in [-0.2, 0) is 9.53 Å². The second-order valence-electron chi connectivity index (χ2n) is 4.85. The average molecular weight is 304 g/mol. The van der Waals surface area contributed by atoms with Crippen molar-refractivity contribution in [3.8, 4) is 0 Å². The van der Waals surface area contributed by atoms with Crippen LogP contribution in [0.25, 0.3) is 5.57 Å². The first-order valence-electron chi connectivity index (χ1n) is 6.72. The molecule has 0 fully saturated rings. The van der Waals surface area contributed by atoms with Crippen LogP contribution in [0.5, 0.6) is 0 Å². The molecule has 0 saturated heterocycles. The number of esters is 1. The van der Waals surface area contributed by atoms with E-state index in [0.717, 1.165) is 6.08 Å². The molecule has 0 spiro atoms. The predicted molar refractivity (Wildman–Crippen MR) is 77.9 cm³/mol. The molecule has 116 valence electrons. The van der Waals surface area contributed by atoms with Gasteiger partial charge in [-0.15, -0.1) is 0 Å². The van der Waals surface area contributed by atoms with Gasteiger partial charge in [0.15, 0.2) is 5.79 Å². The van der Waals surface area contributed by atoms with Crippen molar-refractivity contribution in [1.29, 1.82) is 0 Å². The summed E-state index contributed by atoms with van der Waals surface area (Å²) in [6.07, 6.45) is 2.08. The van der Waals surface area contributed by atoms with Crippen LogP contribution in [-0.4, -0.2) is 39.7 Å². The van der Waals surface area contributed by atoms with Crippen molar-refractivity contribution in [2.24, 2.45) is 0 Å². The Morgan fingerprint density at radius 3 is 2.59 bits per heavy atom. The molecule has 0 heterocycles. The number of carbonyl (C=O) groups excluding carboxylic acids is 1. The van der Waals surface area contributed by atoms with E-state index >= 15 is 0 Å². The van der Waals surface area contributed by atoms with E-state index in [1.165, 1.54) is 12.1 Å². The number of hydrogen-bond donors (Lipinski definition) is 3. The summed E-state index contributed by atoms with van der Waals surface area (Å²) in [7, 11) is 0. The van der Waals surface area contributed by atoms with Crippen LogP contribution < -0.4 is 0 Å². The summed E-state index contributed by atoms with van der Waals surface area (Å²) in [6.45, 7) is 1.76. The fraction of sp³-hybridized carbons (Fsp3) is 0.250. The Labute approximate surface area is 127 Å². The number of benzene rings is 1. The lowest BCUT2D eigenvalue weighted by Gasteiger charge is -2.25. The highest BCUT2D eigenvalue weighted by molar-refractivity contribution is 6.04. The molecule has 1 aromatic rings. The van der Waals surface area contributed by atoms with E-state index in [-0.39, 0.29) is 24.2 Å². The van der Waals surface area contributed by atoms with Gasteiger partial charge in [-0.1, -0.05) is 24.3 Å². The van der Waals surface area contributed by atoms with Gasteiger partial charge < -0.3 is 20.1 Å². The molecule has 2 rings (SSSR count). The van der Waals surface area contributed by atoms with Gasteiger partial charge in [-0.3, -0.25) is 0 Å². The number of carboxylic acids is 1. The normalized spacial score (nSPS) is 16.5. The monoisotopic (exact) mass is 304 g/mol. The standard InChI is InChI=1S/C16H16O6/c1-2-22-15(19)13-9-16(20,21)8-7-11(13)10-5-3-4-6-12(10)14(17)18/h3-8,20-21H,2,9H2,1H3,(H,17,18). The van der Waals surface area contributed by atoms with Crippen LogP contribution in [0.3, 0.4) is 0 Å². The molecule has 0 atom stereocenters. The van der Waals surface area contributed by atoms with Gasteiger partial charge in [-0.05, 0) is 30.2 Å². The topological polar surface area (TPSA) is 104 Å². The summed E-state index contributed by atoms with van der Waals surface area (Å²) in [5.41, 5.74) is 0.690. The molecule has 0 aromatic heterocycles. The van der Waals surface area contributed by atoms with Crippen LogP contribution >= 0.6 is 0 Å². The van der Waals surface area contributed by atoms with Crippen LogP contribution in [0.1, 0.15) is 29.3 Å². The van der Waals surface area contributed by atoms with Crippen LogP contribution in [0, 0.1) is 0 Å². The first kappa shape index (κ1) is 15.9. The van der Waals surface area contributed by atoms with Crippen LogP contribution in [0.2, 0.25) is 0 Å². The minimum absolute atomic E-state index is 0.0207. The molecule has 22 heavy (non-hydrogen) atoms. The highest BCUT2D eigenvalue weighted by Gasteiger charge is 2.32. The largest absolute Gasteiger partial charge is 0.478 e. The van der Waals surface area contributed by atoms with Gasteiger partial charge in [0, 0.05) is 6.42 Å². The van der Waals surface area contributed by atoms with Crippen molar-refractivity contribution in [1.82, 2.24) is 0 Å². The Morgan fingerprint density at radius 1 is 1.27 bits per heavy atom. The molecule has 0 unspecified atom stereocenters. The SMILES string of the molecule is CCOC(=O)C1=C(c2ccccc2C(=O)O)C=CC(O)(O)C1. The Balaban J connectivity index is 2.61. The highest BCUT2D eigenvalue weighted by atomic mass is 16.5. The number of aromatic carboxylic acids is 1. The van der Waals surface area contributed by atoms with Crippen molar-refractivity contribution >= 4 is 17.5 Å². The van der Waals surface area contributed by atoms with Crippen molar-refractivity contribution in [2.45, 2.75) is 19.1 Å². The van der Waals surface area contributed by atoms with Gasteiger partial charge in [-0.2, -0.15) is 0 Å². The van der Waals surface area contributed by atoms with Crippen LogP contribution in [0.15, 0.2) is 42.0 Å². The maximum Gasteiger partial charge on any atom is 0.336 e. The summed E-state index contributed by atoms with van der Waals surface area (Å²) < 4.78 is 4.93. The zero-order valence-corrected chi connectivity index (χ0v) is 11.9. The Morgan fingerprint density at radius 2 is 1.95 bits per heavy atom. The van der Waals surface area contributed by atoms with Gasteiger partial charge in [-0.25, -0.2) is 9.59 Å². The number of ether oxygens (including phenoxy) is 1. The van der Waals surface area contributed by atoms with Crippen LogP contribution in [0.4, 0.5) is 0 Å². The first-order chi connectivity index (χ1) is 10.4. The summed E-state index contributed by atoms with van der Waals surface area (Å²) in [5.74, 6) is -4.00. The Kier molecular flexibility index (Phi) is 4.44. The highest BCUT2D eigenvalue weighted by Crippen LogP contribution is 2.33. The molecule has 1 aliphatic carbocycles. The second kappa shape index (κ2) is 6.13. The van der Waals surface area contributed by atoms with Crippen molar-refractivity contribution < 1.29 is 29.6 Å². The number of allylic oxidation sites excluding steroid dienone is 2. The number of hydrogen-bond acceptors (Lipinski definition) is 5. The van der Waals surface area contributed by atoms with Gasteiger partial charge in [0.25, 0.3) is 0 Å². The third-order valence-electron chi connectivity index (χ3n) is 3.25. The Bertz CT molecular complexity index is 669. The van der Waals surface area contributed by atoms with Gasteiger partial charge in [0.2, 0.25) is 0 Å². The summed E-state index contributed by atoms with van der Waals surface area (Å²) in [6, 6.07) is 6.20. The molecule has 6 heteroatoms. The summed E-state index contributed by atoms with van der Waals surface area (Å²) in [5, 5.41) is 28.7. The zero-order chi connectivity index (χ0) is 16.3. The molecule has 0 radical (unpaired) electrons.